The number of aliphatic hydroxyl groups excluding tert-OH is 1. The molecule has 1 unspecified atom stereocenters. The number of methoxy groups -OCH3 is 2. The molecule has 2 heterocycles. The maximum Gasteiger partial charge on any atom is 0.417 e. The number of pyridine rings is 2. The SMILES string of the molecule is COCN(c1cc(C)cnc1Br)S(=O)(=O)c1ccc(Cl)c(C(F)(F)F)c1.COCN(c1cc(C)cnc1C(O)c1ccccc1Cl)S(=O)(=O)c1ccc(Cl)c(C(F)(F)F)c1.O=Cc1ccccc1Cl. The minimum Gasteiger partial charge on any atom is -0.382 e. The summed E-state index contributed by atoms with van der Waals surface area (Å²) in [6.45, 7) is 2.35. The van der Waals surface area contributed by atoms with Gasteiger partial charge in [0, 0.05) is 42.8 Å². The van der Waals surface area contributed by atoms with E-state index in [1.165, 1.54) is 38.7 Å². The number of hydrogen-bond acceptors (Lipinski definition) is 10. The summed E-state index contributed by atoms with van der Waals surface area (Å²) >= 11 is 26.1. The van der Waals surface area contributed by atoms with E-state index < -0.39 is 82.9 Å². The van der Waals surface area contributed by atoms with Crippen molar-refractivity contribution in [2.45, 2.75) is 42.1 Å². The number of aryl methyl sites for hydroxylation is 2. The summed E-state index contributed by atoms with van der Waals surface area (Å²) in [6, 6.07) is 20.9. The van der Waals surface area contributed by atoms with Crippen molar-refractivity contribution >= 4 is 100 Å². The number of ether oxygens (including phenoxy) is 2. The van der Waals surface area contributed by atoms with Crippen LogP contribution in [0.2, 0.25) is 20.1 Å². The first-order chi connectivity index (χ1) is 32.2. The van der Waals surface area contributed by atoms with Crippen molar-refractivity contribution in [3.8, 4) is 0 Å². The molecule has 0 aliphatic carbocycles. The summed E-state index contributed by atoms with van der Waals surface area (Å²) in [7, 11) is -6.50. The molecule has 6 rings (SSSR count). The highest BCUT2D eigenvalue weighted by atomic mass is 79.9. The Morgan fingerprint density at radius 2 is 1.09 bits per heavy atom. The Bertz CT molecular complexity index is 3010. The smallest absolute Gasteiger partial charge is 0.382 e. The number of sulfonamides is 2. The fourth-order valence-electron chi connectivity index (χ4n) is 5.89. The predicted molar refractivity (Wildman–Crippen MR) is 254 cm³/mol. The van der Waals surface area contributed by atoms with Crippen molar-refractivity contribution in [3.05, 3.63) is 173 Å². The van der Waals surface area contributed by atoms with Gasteiger partial charge in [-0.1, -0.05) is 82.8 Å². The summed E-state index contributed by atoms with van der Waals surface area (Å²) in [5.74, 6) is 0. The fourth-order valence-corrected chi connectivity index (χ4v) is 10.1. The molecular formula is C44H37BrCl4F6N4O8S2. The Labute approximate surface area is 421 Å². The van der Waals surface area contributed by atoms with Gasteiger partial charge >= 0.3 is 12.4 Å². The van der Waals surface area contributed by atoms with Crippen molar-refractivity contribution in [3.63, 3.8) is 0 Å². The van der Waals surface area contributed by atoms with Gasteiger partial charge in [0.2, 0.25) is 0 Å². The molecule has 1 atom stereocenters. The number of alkyl halides is 6. The lowest BCUT2D eigenvalue weighted by molar-refractivity contribution is -0.138. The summed E-state index contributed by atoms with van der Waals surface area (Å²) in [6.07, 6.45) is -7.43. The number of hydrogen-bond donors (Lipinski definition) is 1. The number of anilines is 2. The summed E-state index contributed by atoms with van der Waals surface area (Å²) in [5.41, 5.74) is -0.565. The van der Waals surface area contributed by atoms with Gasteiger partial charge in [-0.05, 0) is 102 Å². The normalized spacial score (nSPS) is 12.2. The zero-order chi connectivity index (χ0) is 51.6. The van der Waals surface area contributed by atoms with Crippen LogP contribution in [0.5, 0.6) is 0 Å². The molecule has 0 aliphatic heterocycles. The number of carbonyl (C=O) groups excluding carboxylic acids is 1. The topological polar surface area (TPSA) is 156 Å². The summed E-state index contributed by atoms with van der Waals surface area (Å²) < 4.78 is 144. The third-order valence-corrected chi connectivity index (χ3v) is 14.6. The van der Waals surface area contributed by atoms with Gasteiger partial charge in [0.05, 0.1) is 53.1 Å². The number of rotatable bonds is 13. The van der Waals surface area contributed by atoms with Gasteiger partial charge in [-0.15, -0.1) is 0 Å². The number of benzene rings is 4. The van der Waals surface area contributed by atoms with Crippen molar-refractivity contribution in [2.24, 2.45) is 0 Å². The van der Waals surface area contributed by atoms with Crippen molar-refractivity contribution in [1.29, 1.82) is 0 Å². The molecule has 0 spiro atoms. The molecule has 370 valence electrons. The highest BCUT2D eigenvalue weighted by molar-refractivity contribution is 9.10. The van der Waals surface area contributed by atoms with E-state index in [1.54, 1.807) is 62.4 Å². The highest BCUT2D eigenvalue weighted by Crippen LogP contribution is 2.40. The molecule has 0 aliphatic rings. The van der Waals surface area contributed by atoms with Crippen LogP contribution in [0.1, 0.15) is 50.0 Å². The van der Waals surface area contributed by atoms with E-state index in [9.17, 15) is 53.1 Å². The maximum atomic E-state index is 13.5. The summed E-state index contributed by atoms with van der Waals surface area (Å²) in [4.78, 5) is 17.1. The Balaban J connectivity index is 0.000000260. The lowest BCUT2D eigenvalue weighted by Crippen LogP contribution is -2.34. The van der Waals surface area contributed by atoms with Crippen LogP contribution in [0.4, 0.5) is 37.7 Å². The molecular weight excluding hydrogens is 1110 g/mol. The molecule has 0 amide bonds. The van der Waals surface area contributed by atoms with Gasteiger partial charge in [0.15, 0.2) is 6.29 Å². The van der Waals surface area contributed by atoms with Crippen LogP contribution in [0.15, 0.2) is 124 Å². The van der Waals surface area contributed by atoms with E-state index in [2.05, 4.69) is 25.9 Å². The van der Waals surface area contributed by atoms with Crippen LogP contribution in [-0.4, -0.2) is 65.9 Å². The van der Waals surface area contributed by atoms with Gasteiger partial charge in [-0.25, -0.2) is 30.4 Å². The molecule has 1 N–H and O–H groups in total. The van der Waals surface area contributed by atoms with Crippen LogP contribution in [0.25, 0.3) is 0 Å². The number of carbonyl (C=O) groups is 1. The number of aldehydes is 1. The number of aliphatic hydroxyl groups is 1. The molecule has 0 saturated carbocycles. The molecule has 25 heteroatoms. The van der Waals surface area contributed by atoms with Crippen LogP contribution < -0.4 is 8.61 Å². The van der Waals surface area contributed by atoms with Gasteiger partial charge in [0.1, 0.15) is 24.2 Å². The van der Waals surface area contributed by atoms with E-state index in [-0.39, 0.29) is 32.3 Å². The molecule has 0 radical (unpaired) electrons. The lowest BCUT2D eigenvalue weighted by Gasteiger charge is -2.27. The van der Waals surface area contributed by atoms with Gasteiger partial charge in [-0.2, -0.15) is 26.3 Å². The lowest BCUT2D eigenvalue weighted by atomic mass is 10.0. The quantitative estimate of drug-likeness (QED) is 0.0511. The molecule has 6 aromatic rings. The summed E-state index contributed by atoms with van der Waals surface area (Å²) in [5, 5.41) is 10.5. The Morgan fingerprint density at radius 1 is 0.652 bits per heavy atom. The van der Waals surface area contributed by atoms with Crippen LogP contribution in [-0.2, 0) is 41.9 Å². The van der Waals surface area contributed by atoms with Gasteiger partial charge < -0.3 is 14.6 Å². The zero-order valence-corrected chi connectivity index (χ0v) is 42.3. The first kappa shape index (κ1) is 57.0. The second-order valence-corrected chi connectivity index (χ2v) is 20.2. The average Bonchev–Trinajstić information content (AvgIpc) is 3.28. The first-order valence-corrected chi connectivity index (χ1v) is 24.4. The fraction of sp³-hybridized carbons (Fsp3) is 0.205. The molecule has 69 heavy (non-hydrogen) atoms. The molecule has 2 aromatic heterocycles. The average molecular weight is 1150 g/mol. The Kier molecular flexibility index (Phi) is 19.9. The second kappa shape index (κ2) is 24.0. The largest absolute Gasteiger partial charge is 0.417 e. The minimum atomic E-state index is -4.87. The van der Waals surface area contributed by atoms with E-state index in [4.69, 9.17) is 55.9 Å². The minimum absolute atomic E-state index is 0.0793. The maximum absolute atomic E-state index is 13.5. The number of halogens is 11. The van der Waals surface area contributed by atoms with Crippen LogP contribution in [0.3, 0.4) is 0 Å². The van der Waals surface area contributed by atoms with Crippen molar-refractivity contribution < 1.29 is 62.6 Å². The zero-order valence-electron chi connectivity index (χ0n) is 36.0. The number of nitrogens with zero attached hydrogens (tertiary/aromatic N) is 4. The molecule has 0 fully saturated rings. The number of aromatic nitrogens is 2. The van der Waals surface area contributed by atoms with E-state index in [0.717, 1.165) is 39.2 Å². The molecule has 4 aromatic carbocycles. The van der Waals surface area contributed by atoms with E-state index >= 15 is 0 Å². The third kappa shape index (κ3) is 14.3. The molecule has 0 saturated heterocycles. The Morgan fingerprint density at radius 3 is 1.52 bits per heavy atom. The first-order valence-electron chi connectivity index (χ1n) is 19.2. The van der Waals surface area contributed by atoms with Gasteiger partial charge in [0.25, 0.3) is 20.0 Å². The molecule has 0 bridgehead atoms. The van der Waals surface area contributed by atoms with E-state index in [0.29, 0.717) is 33.8 Å². The van der Waals surface area contributed by atoms with Gasteiger partial charge in [-0.3, -0.25) is 9.78 Å². The Hall–Kier alpha value is -4.55. The van der Waals surface area contributed by atoms with Crippen LogP contribution >= 0.6 is 62.3 Å². The van der Waals surface area contributed by atoms with Crippen molar-refractivity contribution in [1.82, 2.24) is 9.97 Å². The third-order valence-electron chi connectivity index (χ3n) is 9.17. The second-order valence-electron chi connectivity index (χ2n) is 14.1. The highest BCUT2D eigenvalue weighted by Gasteiger charge is 2.38. The monoisotopic (exact) mass is 1150 g/mol. The van der Waals surface area contributed by atoms with E-state index in [1.807, 2.05) is 0 Å². The predicted octanol–water partition coefficient (Wildman–Crippen LogP) is 12.4. The van der Waals surface area contributed by atoms with Crippen LogP contribution in [0, 0.1) is 13.8 Å². The van der Waals surface area contributed by atoms with Crippen molar-refractivity contribution in [2.75, 3.05) is 36.3 Å². The standard InChI is InChI=1S/C22H19Cl2F3N2O4S.C15H13BrClF3N2O3S.C7H5ClO/c1-13-9-19(20(28-11-13)21(30)15-5-3-4-6-17(15)23)29(12-33-2)34(31,32)14-7-8-18(24)16(10-14)22(25,26)27;1-9-5-13(14(16)21-7-9)22(8-25-2)26(23,24)10-3-4-12(17)11(6-10)15(18,19)20;8-7-4-2-1-3-6(7)5-9/h3-11,21,30H,12H2,1-2H3;3-7H,8H2,1-2H3;1-5H. The molecule has 12 nitrogen and oxygen atoms in total.